The minimum atomic E-state index is -4.62. The quantitative estimate of drug-likeness (QED) is 0.441. The van der Waals surface area contributed by atoms with Crippen molar-refractivity contribution >= 4 is 30.9 Å². The third kappa shape index (κ3) is 3.25. The Hall–Kier alpha value is -1.99. The fraction of sp³-hybridized carbons (Fsp3) is 0.200. The fourth-order valence-corrected chi connectivity index (χ4v) is 1.27. The number of ether oxygens (including phenoxy) is 1. The smallest absolute Gasteiger partial charge is 0.418 e. The van der Waals surface area contributed by atoms with Crippen molar-refractivity contribution in [3.8, 4) is 0 Å². The van der Waals surface area contributed by atoms with E-state index >= 15 is 0 Å². The van der Waals surface area contributed by atoms with Gasteiger partial charge in [-0.05, 0) is 6.07 Å². The molecule has 1 N–H and O–H groups in total. The van der Waals surface area contributed by atoms with E-state index in [4.69, 9.17) is 0 Å². The van der Waals surface area contributed by atoms with Crippen molar-refractivity contribution in [1.82, 2.24) is 0 Å². The summed E-state index contributed by atoms with van der Waals surface area (Å²) in [7, 11) is 2.45. The Morgan fingerprint density at radius 3 is 2.44 bits per heavy atom. The van der Waals surface area contributed by atoms with Crippen molar-refractivity contribution in [2.24, 2.45) is 0 Å². The summed E-state index contributed by atoms with van der Waals surface area (Å²) in [4.78, 5) is 22.0. The van der Waals surface area contributed by atoms with Crippen LogP contribution in [0.4, 0.5) is 18.9 Å². The van der Waals surface area contributed by atoms with Crippen molar-refractivity contribution in [2.75, 3.05) is 12.4 Å². The number of carbonyl (C=O) groups is 2. The molecule has 8 heteroatoms. The van der Waals surface area contributed by atoms with Gasteiger partial charge in [0.05, 0.1) is 18.4 Å². The molecule has 1 aromatic rings. The highest BCUT2D eigenvalue weighted by atomic mass is 19.4. The molecule has 96 valence electrons. The molecule has 0 bridgehead atoms. The van der Waals surface area contributed by atoms with Gasteiger partial charge in [0.15, 0.2) is 0 Å². The van der Waals surface area contributed by atoms with E-state index in [1.807, 2.05) is 5.32 Å². The molecule has 1 rings (SSSR count). The van der Waals surface area contributed by atoms with Crippen LogP contribution >= 0.6 is 0 Å². The van der Waals surface area contributed by atoms with E-state index < -0.39 is 29.3 Å². The van der Waals surface area contributed by atoms with E-state index in [0.717, 1.165) is 19.2 Å². The summed E-state index contributed by atoms with van der Waals surface area (Å²) in [6.45, 7) is 0. The first-order valence-electron chi connectivity index (χ1n) is 4.83. The van der Waals surface area contributed by atoms with Gasteiger partial charge < -0.3 is 10.1 Å². The molecular formula is C10H9BF3NO3. The van der Waals surface area contributed by atoms with E-state index in [2.05, 4.69) is 4.74 Å². The Bertz CT molecular complexity index is 488. The van der Waals surface area contributed by atoms with E-state index in [1.165, 1.54) is 13.9 Å². The summed E-state index contributed by atoms with van der Waals surface area (Å²) < 4.78 is 42.2. The van der Waals surface area contributed by atoms with E-state index in [0.29, 0.717) is 5.46 Å². The molecule has 0 radical (unpaired) electrons. The van der Waals surface area contributed by atoms with Crippen LogP contribution in [0.25, 0.3) is 0 Å². The van der Waals surface area contributed by atoms with Gasteiger partial charge in [-0.3, -0.25) is 4.79 Å². The second-order valence-electron chi connectivity index (χ2n) is 3.49. The number of halogens is 3. The standard InChI is InChI=1S/C10H9BF3NO3/c1-18-9(17)8(16)15-7-3-2-5(11)4-6(7)10(12,13)14/h2-4H,11H2,1H3,(H,15,16). The summed E-state index contributed by atoms with van der Waals surface area (Å²) >= 11 is 0. The predicted octanol–water partition coefficient (Wildman–Crippen LogP) is 0.0753. The third-order valence-corrected chi connectivity index (χ3v) is 2.10. The van der Waals surface area contributed by atoms with Crippen molar-refractivity contribution in [2.45, 2.75) is 6.18 Å². The molecular weight excluding hydrogens is 250 g/mol. The summed E-state index contributed by atoms with van der Waals surface area (Å²) in [5.41, 5.74) is -1.11. The lowest BCUT2D eigenvalue weighted by Gasteiger charge is -2.13. The van der Waals surface area contributed by atoms with Gasteiger partial charge in [-0.1, -0.05) is 17.6 Å². The van der Waals surface area contributed by atoms with Gasteiger partial charge in [0.2, 0.25) is 0 Å². The number of amides is 1. The van der Waals surface area contributed by atoms with Gasteiger partial charge in [0.25, 0.3) is 0 Å². The van der Waals surface area contributed by atoms with Crippen molar-refractivity contribution in [3.63, 3.8) is 0 Å². The van der Waals surface area contributed by atoms with E-state index in [9.17, 15) is 22.8 Å². The number of rotatable bonds is 1. The molecule has 0 saturated carbocycles. The first-order chi connectivity index (χ1) is 8.25. The maximum atomic E-state index is 12.7. The van der Waals surface area contributed by atoms with Crippen LogP contribution < -0.4 is 10.8 Å². The Balaban J connectivity index is 3.10. The maximum absolute atomic E-state index is 12.7. The van der Waals surface area contributed by atoms with E-state index in [-0.39, 0.29) is 0 Å². The highest BCUT2D eigenvalue weighted by molar-refractivity contribution is 6.37. The van der Waals surface area contributed by atoms with Gasteiger partial charge in [-0.2, -0.15) is 13.2 Å². The fourth-order valence-electron chi connectivity index (χ4n) is 1.27. The average Bonchev–Trinajstić information content (AvgIpc) is 2.28. The zero-order chi connectivity index (χ0) is 13.9. The average molecular weight is 259 g/mol. The van der Waals surface area contributed by atoms with Crippen LogP contribution in [0.5, 0.6) is 0 Å². The molecule has 0 aliphatic rings. The number of hydrogen-bond acceptors (Lipinski definition) is 3. The number of esters is 1. The molecule has 4 nitrogen and oxygen atoms in total. The molecule has 0 saturated heterocycles. The van der Waals surface area contributed by atoms with Crippen LogP contribution in [0, 0.1) is 0 Å². The summed E-state index contributed by atoms with van der Waals surface area (Å²) in [5, 5.41) is 1.86. The first kappa shape index (κ1) is 14.1. The van der Waals surface area contributed by atoms with Gasteiger partial charge in [-0.15, -0.1) is 0 Å². The van der Waals surface area contributed by atoms with Gasteiger partial charge in [0, 0.05) is 0 Å². The summed E-state index contributed by atoms with van der Waals surface area (Å²) in [6, 6.07) is 3.36. The maximum Gasteiger partial charge on any atom is 0.418 e. The van der Waals surface area contributed by atoms with Crippen LogP contribution in [0.3, 0.4) is 0 Å². The summed E-state index contributed by atoms with van der Waals surface area (Å²) in [5.74, 6) is -2.52. The normalized spacial score (nSPS) is 10.9. The highest BCUT2D eigenvalue weighted by Crippen LogP contribution is 2.33. The zero-order valence-corrected chi connectivity index (χ0v) is 9.59. The third-order valence-electron chi connectivity index (χ3n) is 2.10. The van der Waals surface area contributed by atoms with Gasteiger partial charge in [-0.25, -0.2) is 4.79 Å². The molecule has 0 fully saturated rings. The van der Waals surface area contributed by atoms with Crippen LogP contribution in [0.2, 0.25) is 0 Å². The minimum Gasteiger partial charge on any atom is -0.462 e. The second-order valence-corrected chi connectivity index (χ2v) is 3.49. The Morgan fingerprint density at radius 1 is 1.33 bits per heavy atom. The monoisotopic (exact) mass is 259 g/mol. The molecule has 0 aliphatic carbocycles. The molecule has 1 amide bonds. The predicted molar refractivity (Wildman–Crippen MR) is 60.3 cm³/mol. The second kappa shape index (κ2) is 5.11. The largest absolute Gasteiger partial charge is 0.462 e. The molecule has 0 spiro atoms. The first-order valence-corrected chi connectivity index (χ1v) is 4.83. The van der Waals surface area contributed by atoms with Crippen molar-refractivity contribution < 1.29 is 27.5 Å². The number of methoxy groups -OCH3 is 1. The minimum absolute atomic E-state index is 0.387. The van der Waals surface area contributed by atoms with E-state index in [1.54, 1.807) is 0 Å². The Kier molecular flexibility index (Phi) is 4.00. The van der Waals surface area contributed by atoms with Gasteiger partial charge >= 0.3 is 18.1 Å². The Labute approximate surface area is 102 Å². The number of alkyl halides is 3. The molecule has 18 heavy (non-hydrogen) atoms. The molecule has 0 unspecified atom stereocenters. The number of carbonyl (C=O) groups excluding carboxylic acids is 2. The molecule has 0 aliphatic heterocycles. The topological polar surface area (TPSA) is 55.4 Å². The highest BCUT2D eigenvalue weighted by Gasteiger charge is 2.34. The number of benzene rings is 1. The molecule has 0 aromatic heterocycles. The van der Waals surface area contributed by atoms with Crippen molar-refractivity contribution in [1.29, 1.82) is 0 Å². The molecule has 0 heterocycles. The number of nitrogens with one attached hydrogen (secondary N) is 1. The lowest BCUT2D eigenvalue weighted by atomic mass is 9.93. The molecule has 1 aromatic carbocycles. The zero-order valence-electron chi connectivity index (χ0n) is 9.59. The van der Waals surface area contributed by atoms with Crippen LogP contribution in [0.15, 0.2) is 18.2 Å². The van der Waals surface area contributed by atoms with Gasteiger partial charge in [0.1, 0.15) is 7.85 Å². The number of anilines is 1. The SMILES string of the molecule is Bc1ccc(NC(=O)C(=O)OC)c(C(F)(F)F)c1. The lowest BCUT2D eigenvalue weighted by Crippen LogP contribution is -2.26. The molecule has 0 atom stereocenters. The Morgan fingerprint density at radius 2 is 1.94 bits per heavy atom. The van der Waals surface area contributed by atoms with Crippen LogP contribution in [-0.2, 0) is 20.5 Å². The lowest BCUT2D eigenvalue weighted by molar-refractivity contribution is -0.150. The summed E-state index contributed by atoms with van der Waals surface area (Å²) in [6.07, 6.45) is -4.62. The number of hydrogen-bond donors (Lipinski definition) is 1. The van der Waals surface area contributed by atoms with Crippen LogP contribution in [-0.4, -0.2) is 26.8 Å². The van der Waals surface area contributed by atoms with Crippen LogP contribution in [0.1, 0.15) is 5.56 Å². The van der Waals surface area contributed by atoms with Crippen molar-refractivity contribution in [3.05, 3.63) is 23.8 Å².